The number of carbonyl (C=O) groups excluding carboxylic acids is 8. The molecule has 0 spiro atoms. The van der Waals surface area contributed by atoms with E-state index in [1.54, 1.807) is 58.0 Å². The first kappa shape index (κ1) is 63.7. The van der Waals surface area contributed by atoms with E-state index in [0.717, 1.165) is 6.92 Å². The van der Waals surface area contributed by atoms with Crippen molar-refractivity contribution in [1.29, 1.82) is 0 Å². The van der Waals surface area contributed by atoms with Crippen molar-refractivity contribution in [2.75, 3.05) is 13.1 Å². The maximum Gasteiger partial charge on any atom is 0.326 e. The van der Waals surface area contributed by atoms with E-state index in [1.165, 1.54) is 41.7 Å². The van der Waals surface area contributed by atoms with Crippen LogP contribution < -0.4 is 60.2 Å². The molecule has 0 bridgehead atoms. The summed E-state index contributed by atoms with van der Waals surface area (Å²) < 4.78 is 0. The summed E-state index contributed by atoms with van der Waals surface area (Å²) in [5, 5.41) is 47.4. The number of amides is 8. The van der Waals surface area contributed by atoms with E-state index in [9.17, 15) is 53.4 Å². The summed E-state index contributed by atoms with van der Waals surface area (Å²) in [5.41, 5.74) is 23.4. The molecule has 0 aliphatic carbocycles. The van der Waals surface area contributed by atoms with E-state index in [0.29, 0.717) is 23.2 Å². The number of primary amides is 1. The Morgan fingerprint density at radius 1 is 0.692 bits per heavy atom. The molecule has 78 heavy (non-hydrogen) atoms. The highest BCUT2D eigenvalue weighted by Crippen LogP contribution is 2.22. The molecule has 2 aliphatic rings. The fourth-order valence-electron chi connectivity index (χ4n) is 8.13. The van der Waals surface area contributed by atoms with Crippen LogP contribution in [0.3, 0.4) is 0 Å². The minimum atomic E-state index is -1.42. The van der Waals surface area contributed by atoms with Crippen molar-refractivity contribution in [3.05, 3.63) is 77.6 Å². The van der Waals surface area contributed by atoms with Crippen LogP contribution in [0.1, 0.15) is 84.3 Å². The van der Waals surface area contributed by atoms with Crippen LogP contribution in [0.5, 0.6) is 5.75 Å². The first-order valence-electron chi connectivity index (χ1n) is 25.1. The highest BCUT2D eigenvalue weighted by atomic mass is 16.4. The summed E-state index contributed by atoms with van der Waals surface area (Å²) in [6, 6.07) is 4.08. The number of carboxylic acids is 2. The van der Waals surface area contributed by atoms with Gasteiger partial charge in [-0.2, -0.15) is 0 Å². The molecule has 1 fully saturated rings. The molecule has 425 valence electrons. The van der Waals surface area contributed by atoms with Crippen molar-refractivity contribution >= 4 is 71.5 Å². The zero-order valence-corrected chi connectivity index (χ0v) is 44.2. The zero-order valence-electron chi connectivity index (χ0n) is 44.2. The Bertz CT molecular complexity index is 2520. The second-order valence-corrected chi connectivity index (χ2v) is 19.3. The number of hydrogen-bond acceptors (Lipinski definition) is 14. The summed E-state index contributed by atoms with van der Waals surface area (Å²) in [4.78, 5) is 140. The number of benzene rings is 2. The lowest BCUT2D eigenvalue weighted by Crippen LogP contribution is -2.61. The molecule has 8 amide bonds. The van der Waals surface area contributed by atoms with Gasteiger partial charge in [-0.25, -0.2) is 15.1 Å². The number of guanidine groups is 1. The lowest BCUT2D eigenvalue weighted by atomic mass is 9.98. The smallest absolute Gasteiger partial charge is 0.326 e. The molecule has 4 rings (SSSR count). The largest absolute Gasteiger partial charge is 0.508 e. The van der Waals surface area contributed by atoms with Gasteiger partial charge in [0.25, 0.3) is 5.97 Å². The summed E-state index contributed by atoms with van der Waals surface area (Å²) in [6.45, 7) is 7.82. The minimum Gasteiger partial charge on any atom is -0.508 e. The van der Waals surface area contributed by atoms with Gasteiger partial charge in [0.2, 0.25) is 47.3 Å². The van der Waals surface area contributed by atoms with E-state index in [4.69, 9.17) is 32.8 Å². The summed E-state index contributed by atoms with van der Waals surface area (Å²) in [5.74, 6) is -9.95. The van der Waals surface area contributed by atoms with Gasteiger partial charge in [-0.1, -0.05) is 70.2 Å². The van der Waals surface area contributed by atoms with E-state index in [1.807, 2.05) is 0 Å². The predicted molar refractivity (Wildman–Crippen MR) is 284 cm³/mol. The van der Waals surface area contributed by atoms with Crippen molar-refractivity contribution in [1.82, 2.24) is 42.1 Å². The molecule has 2 heterocycles. The monoisotopic (exact) mass is 1090 g/mol. The number of nitrogens with zero attached hydrogens (tertiary/aromatic N) is 4. The molecule has 27 heteroatoms. The van der Waals surface area contributed by atoms with Gasteiger partial charge in [-0.3, -0.25) is 48.1 Å². The third-order valence-electron chi connectivity index (χ3n) is 12.1. The van der Waals surface area contributed by atoms with Crippen LogP contribution in [0.4, 0.5) is 0 Å². The number of carboxylic acid groups (broad SMARTS) is 2. The van der Waals surface area contributed by atoms with Crippen LogP contribution in [0.15, 0.2) is 76.5 Å². The number of aliphatic carboxylic acids is 2. The van der Waals surface area contributed by atoms with E-state index in [2.05, 4.69) is 47.2 Å². The van der Waals surface area contributed by atoms with Gasteiger partial charge in [0.05, 0.1) is 24.4 Å². The van der Waals surface area contributed by atoms with Crippen LogP contribution in [0.25, 0.3) is 0 Å². The first-order chi connectivity index (χ1) is 36.8. The average Bonchev–Trinajstić information content (AvgIpc) is 4.09. The number of nitrogens with one attached hydrogen (secondary N) is 6. The Labute approximate surface area is 451 Å². The second-order valence-electron chi connectivity index (χ2n) is 19.3. The standard InChI is InChI=1S/C49H69N14O11.C2H4O2/c1-26(2)39(61-42(67)33(12-8-18-55-49(52)53)57-41(66)32(50)23-38(51)65)45(70)58-34(20-29-14-16-31(64)17-15-29)43(68)62-40(27(3)4)46(71)59-35(22-30-24-54-25-56-30)47(72)63-19-9-13-37(63)44(69)60-36(48(73)74)21-28-10-6-5-7-11-28;1-2(3)4/h5-7,10-11,14-17,24-27,32-37,39-40,64H,8-9,12-13,18-23,50H2,1-4H3,(H2,51,65)(H,57,66)(H,58,70)(H,59,71)(H,60,69)(H,61,67)(H,62,68)(H,73,74)(H4,52,53,55);1H3,(H,3,4)/t32-,33-,34-,35-,36-,37-,39-,40-;/m0./s1. The Morgan fingerprint density at radius 2 is 1.23 bits per heavy atom. The topological polar surface area (TPSA) is 450 Å². The lowest BCUT2D eigenvalue weighted by molar-refractivity contribution is -0.145. The molecule has 0 unspecified atom stereocenters. The van der Waals surface area contributed by atoms with Crippen LogP contribution >= 0.6 is 0 Å². The first-order valence-corrected chi connectivity index (χ1v) is 25.1. The number of aromatic hydroxyl groups is 1. The third-order valence-corrected chi connectivity index (χ3v) is 12.1. The average molecular weight is 1090 g/mol. The van der Waals surface area contributed by atoms with E-state index >= 15 is 0 Å². The number of carbonyl (C=O) groups is 10. The van der Waals surface area contributed by atoms with Gasteiger partial charge in [0.15, 0.2) is 5.96 Å². The second kappa shape index (κ2) is 31.4. The molecular weight excluding hydrogens is 1020 g/mol. The molecule has 1 saturated heterocycles. The highest BCUT2D eigenvalue weighted by molar-refractivity contribution is 5.98. The minimum absolute atomic E-state index is 0.00369. The molecule has 2 aliphatic heterocycles. The molecule has 2 aromatic carbocycles. The van der Waals surface area contributed by atoms with Crippen molar-refractivity contribution in [2.45, 2.75) is 134 Å². The Hall–Kier alpha value is -8.62. The van der Waals surface area contributed by atoms with Gasteiger partial charge in [0.1, 0.15) is 54.4 Å². The summed E-state index contributed by atoms with van der Waals surface area (Å²) in [7, 11) is 0. The molecule has 17 N–H and O–H groups in total. The molecular formula is C51H73N14O13. The van der Waals surface area contributed by atoms with Crippen LogP contribution in [0.2, 0.25) is 0 Å². The number of nitrogens with two attached hydrogens (primary N) is 4. The summed E-state index contributed by atoms with van der Waals surface area (Å²) in [6.07, 6.45) is 2.60. The third kappa shape index (κ3) is 21.5. The number of phenols is 1. The van der Waals surface area contributed by atoms with Crippen molar-refractivity contribution in [3.8, 4) is 5.75 Å². The number of phenolic OH excluding ortho intramolecular Hbond substituents is 1. The normalized spacial score (nSPS) is 16.2. The highest BCUT2D eigenvalue weighted by Gasteiger charge is 2.41. The lowest BCUT2D eigenvalue weighted by Gasteiger charge is -2.31. The van der Waals surface area contributed by atoms with Crippen LogP contribution in [0, 0.1) is 11.8 Å². The van der Waals surface area contributed by atoms with Crippen molar-refractivity contribution in [2.24, 2.45) is 44.8 Å². The molecule has 0 aromatic heterocycles. The Morgan fingerprint density at radius 3 is 1.76 bits per heavy atom. The van der Waals surface area contributed by atoms with Crippen LogP contribution in [-0.4, -0.2) is 153 Å². The zero-order chi connectivity index (χ0) is 58.2. The maximum absolute atomic E-state index is 14.5. The van der Waals surface area contributed by atoms with Gasteiger partial charge in [-0.05, 0) is 60.8 Å². The molecule has 1 radical (unpaired) electrons. The fraction of sp³-hybridized carbons (Fsp3) is 0.490. The van der Waals surface area contributed by atoms with E-state index < -0.39 is 126 Å². The Kier molecular flexibility index (Phi) is 25.7. The number of rotatable bonds is 28. The number of hydrogen-bond donors (Lipinski definition) is 13. The van der Waals surface area contributed by atoms with Crippen LogP contribution in [-0.2, 0) is 60.8 Å². The van der Waals surface area contributed by atoms with Crippen molar-refractivity contribution in [3.63, 3.8) is 0 Å². The Balaban J connectivity index is 0.00000386. The summed E-state index contributed by atoms with van der Waals surface area (Å²) >= 11 is 0. The molecule has 27 nitrogen and oxygen atoms in total. The van der Waals surface area contributed by atoms with Gasteiger partial charge in [0, 0.05) is 39.3 Å². The maximum atomic E-state index is 14.5. The van der Waals surface area contributed by atoms with Gasteiger partial charge in [-0.15, -0.1) is 0 Å². The quantitative estimate of drug-likeness (QED) is 0.0242. The number of aliphatic imine (C=N–C) groups is 2. The molecule has 2 aromatic rings. The van der Waals surface area contributed by atoms with Gasteiger partial charge >= 0.3 is 5.97 Å². The molecule has 0 saturated carbocycles. The molecule has 8 atom stereocenters. The number of likely N-dealkylation sites (tertiary alicyclic amines) is 1. The predicted octanol–water partition coefficient (Wildman–Crippen LogP) is -2.30. The van der Waals surface area contributed by atoms with E-state index in [-0.39, 0.29) is 63.3 Å². The van der Waals surface area contributed by atoms with Crippen molar-refractivity contribution < 1.29 is 63.3 Å². The fourth-order valence-corrected chi connectivity index (χ4v) is 8.13. The van der Waals surface area contributed by atoms with Gasteiger partial charge < -0.3 is 75.1 Å². The SMILES string of the molecule is CC(=O)O.CC(C)[C@H](NC(=O)[C@H](CCCN=C(N)N)NC(=O)[C@@H](N)CC(N)=O)C(=O)N[C@@H](Cc1ccc(O)cc1)C(=O)N[C@H](C(=O)N[C@@H](CC1=CN=C[N]1)C(=O)N1CCC[C@H]1C(=O)N[C@@H](Cc1ccccc1)C(=O)O)C(C)C.